The van der Waals surface area contributed by atoms with Crippen LogP contribution in [0.2, 0.25) is 0 Å². The average molecular weight is 447 g/mol. The first-order valence-corrected chi connectivity index (χ1v) is 10.4. The van der Waals surface area contributed by atoms with Gasteiger partial charge in [0, 0.05) is 30.5 Å². The number of nitrogens with zero attached hydrogens (tertiary/aromatic N) is 4. The zero-order chi connectivity index (χ0) is 22.8. The highest BCUT2D eigenvalue weighted by molar-refractivity contribution is 5.90. The van der Waals surface area contributed by atoms with Crippen LogP contribution in [-0.2, 0) is 22.7 Å². The summed E-state index contributed by atoms with van der Waals surface area (Å²) < 4.78 is 18.8. The van der Waals surface area contributed by atoms with Crippen molar-refractivity contribution in [2.24, 2.45) is 0 Å². The Labute approximate surface area is 188 Å². The van der Waals surface area contributed by atoms with Gasteiger partial charge < -0.3 is 19.5 Å². The monoisotopic (exact) mass is 447 g/mol. The normalized spacial score (nSPS) is 12.6. The highest BCUT2D eigenvalue weighted by atomic mass is 16.6. The number of aromatic nitrogens is 4. The zero-order valence-electron chi connectivity index (χ0n) is 17.9. The fraction of sp³-hybridized carbons (Fsp3) is 0.217. The third-order valence-corrected chi connectivity index (χ3v) is 5.06. The molecule has 0 saturated heterocycles. The maximum absolute atomic E-state index is 13.1. The number of fused-ring (bicyclic) bond motifs is 2. The van der Waals surface area contributed by atoms with Gasteiger partial charge in [0.25, 0.3) is 0 Å². The van der Waals surface area contributed by atoms with Gasteiger partial charge in [-0.3, -0.25) is 4.79 Å². The summed E-state index contributed by atoms with van der Waals surface area (Å²) in [4.78, 5) is 30.4. The molecule has 0 spiro atoms. The predicted molar refractivity (Wildman–Crippen MR) is 119 cm³/mol. The molecule has 0 bridgehead atoms. The second-order valence-electron chi connectivity index (χ2n) is 7.41. The van der Waals surface area contributed by atoms with Crippen LogP contribution in [0.5, 0.6) is 11.5 Å². The summed E-state index contributed by atoms with van der Waals surface area (Å²) in [6.45, 7) is 0.941. The van der Waals surface area contributed by atoms with E-state index in [9.17, 15) is 9.59 Å². The van der Waals surface area contributed by atoms with Gasteiger partial charge in [-0.2, -0.15) is 0 Å². The maximum Gasteiger partial charge on any atom is 0.352 e. The number of anilines is 1. The number of methoxy groups -OCH3 is 1. The Hall–Kier alpha value is -4.18. The molecule has 2 aromatic heterocycles. The van der Waals surface area contributed by atoms with Crippen LogP contribution in [0.15, 0.2) is 59.4 Å². The number of ether oxygens (including phenoxy) is 3. The Morgan fingerprint density at radius 1 is 1.09 bits per heavy atom. The van der Waals surface area contributed by atoms with Gasteiger partial charge >= 0.3 is 5.69 Å². The first-order chi connectivity index (χ1) is 16.1. The summed E-state index contributed by atoms with van der Waals surface area (Å²) in [5.74, 6) is 1.23. The van der Waals surface area contributed by atoms with E-state index in [1.165, 1.54) is 4.40 Å². The minimum absolute atomic E-state index is 0.261. The molecule has 168 valence electrons. The summed E-state index contributed by atoms with van der Waals surface area (Å²) in [5, 5.41) is 7.13. The SMILES string of the molecule is COCc1cc2nn(CC(=O)Nc3ccc4c(c3)OCCO4)c(=O)n2c(-c2ccccc2)n1. The third-order valence-electron chi connectivity index (χ3n) is 5.06. The van der Waals surface area contributed by atoms with Crippen molar-refractivity contribution in [1.29, 1.82) is 0 Å². The molecule has 3 heterocycles. The molecule has 4 aromatic rings. The molecule has 0 unspecified atom stereocenters. The van der Waals surface area contributed by atoms with Crippen molar-refractivity contribution >= 4 is 17.2 Å². The summed E-state index contributed by atoms with van der Waals surface area (Å²) in [7, 11) is 1.57. The molecule has 33 heavy (non-hydrogen) atoms. The standard InChI is InChI=1S/C23H21N5O5/c1-31-14-17-12-20-26-27(23(30)28(20)22(25-17)15-5-3-2-4-6-15)13-21(29)24-16-7-8-18-19(11-16)33-10-9-32-18/h2-8,11-12H,9-10,13-14H2,1H3,(H,24,29). The first kappa shape index (κ1) is 20.7. The molecule has 0 radical (unpaired) electrons. The molecule has 1 amide bonds. The summed E-state index contributed by atoms with van der Waals surface area (Å²) in [5.41, 5.74) is 1.84. The van der Waals surface area contributed by atoms with Crippen molar-refractivity contribution in [3.05, 3.63) is 70.8 Å². The van der Waals surface area contributed by atoms with Gasteiger partial charge in [-0.1, -0.05) is 30.3 Å². The number of hydrogen-bond acceptors (Lipinski definition) is 7. The Morgan fingerprint density at radius 3 is 2.67 bits per heavy atom. The van der Waals surface area contributed by atoms with Gasteiger partial charge in [0.05, 0.1) is 12.3 Å². The molecule has 0 fully saturated rings. The molecular weight excluding hydrogens is 426 g/mol. The molecule has 10 nitrogen and oxygen atoms in total. The van der Waals surface area contributed by atoms with Gasteiger partial charge in [0.1, 0.15) is 25.6 Å². The summed E-state index contributed by atoms with van der Waals surface area (Å²) in [6, 6.07) is 16.1. The number of amides is 1. The summed E-state index contributed by atoms with van der Waals surface area (Å²) >= 11 is 0. The van der Waals surface area contributed by atoms with Crippen LogP contribution in [-0.4, -0.2) is 45.4 Å². The van der Waals surface area contributed by atoms with E-state index < -0.39 is 11.6 Å². The van der Waals surface area contributed by atoms with Crippen LogP contribution >= 0.6 is 0 Å². The Kier molecular flexibility index (Phi) is 5.49. The molecule has 0 saturated carbocycles. The fourth-order valence-electron chi connectivity index (χ4n) is 3.65. The highest BCUT2D eigenvalue weighted by Gasteiger charge is 2.18. The van der Waals surface area contributed by atoms with Crippen molar-refractivity contribution in [2.75, 3.05) is 25.6 Å². The van der Waals surface area contributed by atoms with Crippen molar-refractivity contribution in [3.63, 3.8) is 0 Å². The summed E-state index contributed by atoms with van der Waals surface area (Å²) in [6.07, 6.45) is 0. The molecule has 10 heteroatoms. The molecule has 2 aromatic carbocycles. The number of carbonyl (C=O) groups excluding carboxylic acids is 1. The van der Waals surface area contributed by atoms with Gasteiger partial charge in [-0.25, -0.2) is 18.9 Å². The van der Waals surface area contributed by atoms with Gasteiger partial charge in [0.2, 0.25) is 5.91 Å². The lowest BCUT2D eigenvalue weighted by molar-refractivity contribution is -0.117. The maximum atomic E-state index is 13.1. The molecular formula is C23H21N5O5. The van der Waals surface area contributed by atoms with E-state index in [0.29, 0.717) is 47.6 Å². The van der Waals surface area contributed by atoms with E-state index >= 15 is 0 Å². The van der Waals surface area contributed by atoms with Gasteiger partial charge in [0.15, 0.2) is 17.1 Å². The predicted octanol–water partition coefficient (Wildman–Crippen LogP) is 2.11. The number of carbonyl (C=O) groups is 1. The molecule has 1 aliphatic heterocycles. The van der Waals surface area contributed by atoms with Crippen LogP contribution in [0.3, 0.4) is 0 Å². The Balaban J connectivity index is 1.45. The second kappa shape index (κ2) is 8.75. The van der Waals surface area contributed by atoms with Crippen LogP contribution in [0.1, 0.15) is 5.69 Å². The lowest BCUT2D eigenvalue weighted by Crippen LogP contribution is -2.29. The lowest BCUT2D eigenvalue weighted by atomic mass is 10.2. The smallest absolute Gasteiger partial charge is 0.352 e. The number of nitrogens with one attached hydrogen (secondary N) is 1. The largest absolute Gasteiger partial charge is 0.486 e. The Morgan fingerprint density at radius 2 is 1.88 bits per heavy atom. The quantitative estimate of drug-likeness (QED) is 0.482. The lowest BCUT2D eigenvalue weighted by Gasteiger charge is -2.18. The molecule has 1 N–H and O–H groups in total. The van der Waals surface area contributed by atoms with Crippen LogP contribution in [0, 0.1) is 0 Å². The minimum Gasteiger partial charge on any atom is -0.486 e. The van der Waals surface area contributed by atoms with Gasteiger partial charge in [-0.05, 0) is 12.1 Å². The van der Waals surface area contributed by atoms with Crippen LogP contribution < -0.4 is 20.5 Å². The van der Waals surface area contributed by atoms with E-state index in [1.807, 2.05) is 30.3 Å². The molecule has 0 aliphatic carbocycles. The van der Waals surface area contributed by atoms with E-state index in [4.69, 9.17) is 14.2 Å². The topological polar surface area (TPSA) is 109 Å². The molecule has 5 rings (SSSR count). The van der Waals surface area contributed by atoms with Gasteiger partial charge in [-0.15, -0.1) is 5.10 Å². The van der Waals surface area contributed by atoms with Crippen LogP contribution in [0.25, 0.3) is 17.0 Å². The van der Waals surface area contributed by atoms with Crippen molar-refractivity contribution in [1.82, 2.24) is 19.2 Å². The number of rotatable bonds is 6. The molecule has 1 aliphatic rings. The average Bonchev–Trinajstić information content (AvgIpc) is 3.14. The first-order valence-electron chi connectivity index (χ1n) is 10.4. The van der Waals surface area contributed by atoms with E-state index in [-0.39, 0.29) is 13.2 Å². The minimum atomic E-state index is -0.461. The van der Waals surface area contributed by atoms with E-state index in [2.05, 4.69) is 15.4 Å². The van der Waals surface area contributed by atoms with Crippen molar-refractivity contribution < 1.29 is 19.0 Å². The highest BCUT2D eigenvalue weighted by Crippen LogP contribution is 2.32. The second-order valence-corrected chi connectivity index (χ2v) is 7.41. The molecule has 0 atom stereocenters. The van der Waals surface area contributed by atoms with Crippen molar-refractivity contribution in [3.8, 4) is 22.9 Å². The zero-order valence-corrected chi connectivity index (χ0v) is 17.9. The third kappa shape index (κ3) is 4.15. The number of hydrogen-bond donors (Lipinski definition) is 1. The Bertz CT molecular complexity index is 1380. The van der Waals surface area contributed by atoms with E-state index in [0.717, 1.165) is 10.2 Å². The van der Waals surface area contributed by atoms with Crippen LogP contribution in [0.4, 0.5) is 5.69 Å². The number of benzene rings is 2. The van der Waals surface area contributed by atoms with E-state index in [1.54, 1.807) is 31.4 Å². The van der Waals surface area contributed by atoms with Crippen molar-refractivity contribution in [2.45, 2.75) is 13.2 Å². The fourth-order valence-corrected chi connectivity index (χ4v) is 3.65.